The van der Waals surface area contributed by atoms with Crippen molar-refractivity contribution in [1.29, 1.82) is 0 Å². The molecule has 0 heterocycles. The van der Waals surface area contributed by atoms with Crippen LogP contribution in [0, 0.1) is 0 Å². The molecule has 0 aliphatic heterocycles. The van der Waals surface area contributed by atoms with Gasteiger partial charge < -0.3 is 14.2 Å². The van der Waals surface area contributed by atoms with Crippen molar-refractivity contribution in [3.05, 3.63) is 59.2 Å². The summed E-state index contributed by atoms with van der Waals surface area (Å²) < 4.78 is 16.0. The number of allylic oxidation sites excluding steroid dienone is 1. The van der Waals surface area contributed by atoms with Crippen LogP contribution in [0.3, 0.4) is 0 Å². The van der Waals surface area contributed by atoms with Gasteiger partial charge in [-0.15, -0.1) is 0 Å². The number of methoxy groups -OCH3 is 3. The monoisotopic (exact) mass is 550 g/mol. The lowest BCUT2D eigenvalue weighted by Crippen LogP contribution is -2.01. The molecule has 0 aliphatic rings. The standard InChI is InChI=1S/C36H54O4/c1-5-6-7-8-9-10-11-12-13-14-15-16-17-18-19-20-21-30-22-24-31(25-23-30)26-27-33(37)32-28-35(39-3)36(40-4)29-34(32)38-2/h22-29H,5-21H2,1-4H3. The Morgan fingerprint density at radius 2 is 1.05 bits per heavy atom. The molecule has 0 unspecified atom stereocenters. The molecule has 0 spiro atoms. The Hall–Kier alpha value is -2.75. The Morgan fingerprint density at radius 1 is 0.600 bits per heavy atom. The molecule has 0 saturated carbocycles. The van der Waals surface area contributed by atoms with E-state index in [0.717, 1.165) is 12.0 Å². The normalized spacial score (nSPS) is 11.2. The van der Waals surface area contributed by atoms with E-state index in [4.69, 9.17) is 14.2 Å². The molecule has 222 valence electrons. The molecule has 0 aromatic heterocycles. The summed E-state index contributed by atoms with van der Waals surface area (Å²) in [7, 11) is 4.65. The molecule has 4 heteroatoms. The highest BCUT2D eigenvalue weighted by Gasteiger charge is 2.16. The van der Waals surface area contributed by atoms with Crippen molar-refractivity contribution < 1.29 is 19.0 Å². The number of ether oxygens (including phenoxy) is 3. The number of carbonyl (C=O) groups excluding carboxylic acids is 1. The number of unbranched alkanes of at least 4 members (excludes halogenated alkanes) is 15. The number of ketones is 1. The van der Waals surface area contributed by atoms with Crippen molar-refractivity contribution in [3.63, 3.8) is 0 Å². The highest BCUT2D eigenvalue weighted by atomic mass is 16.5. The minimum atomic E-state index is -0.143. The Morgan fingerprint density at radius 3 is 1.52 bits per heavy atom. The van der Waals surface area contributed by atoms with Crippen LogP contribution in [0.2, 0.25) is 0 Å². The average Bonchev–Trinajstić information content (AvgIpc) is 2.99. The van der Waals surface area contributed by atoms with Crippen LogP contribution >= 0.6 is 0 Å². The molecule has 0 aliphatic carbocycles. The fraction of sp³-hybridized carbons (Fsp3) is 0.583. The lowest BCUT2D eigenvalue weighted by molar-refractivity contribution is 0.104. The summed E-state index contributed by atoms with van der Waals surface area (Å²) in [6.45, 7) is 2.29. The first-order valence-corrected chi connectivity index (χ1v) is 15.7. The highest BCUT2D eigenvalue weighted by molar-refractivity contribution is 6.09. The average molecular weight is 551 g/mol. The Bertz CT molecular complexity index is 977. The summed E-state index contributed by atoms with van der Waals surface area (Å²) in [5.74, 6) is 1.34. The lowest BCUT2D eigenvalue weighted by atomic mass is 10.0. The summed E-state index contributed by atoms with van der Waals surface area (Å²) in [5.41, 5.74) is 2.80. The van der Waals surface area contributed by atoms with Crippen LogP contribution < -0.4 is 14.2 Å². The van der Waals surface area contributed by atoms with Crippen LogP contribution in [0.25, 0.3) is 6.08 Å². The van der Waals surface area contributed by atoms with Gasteiger partial charge in [0.25, 0.3) is 0 Å². The molecule has 0 N–H and O–H groups in total. The topological polar surface area (TPSA) is 44.8 Å². The molecule has 0 fully saturated rings. The third kappa shape index (κ3) is 13.1. The Balaban J connectivity index is 1.58. The van der Waals surface area contributed by atoms with Crippen LogP contribution in [0.1, 0.15) is 131 Å². The predicted molar refractivity (Wildman–Crippen MR) is 169 cm³/mol. The van der Waals surface area contributed by atoms with E-state index in [1.54, 1.807) is 39.5 Å². The molecule has 2 aromatic carbocycles. The van der Waals surface area contributed by atoms with E-state index < -0.39 is 0 Å². The highest BCUT2D eigenvalue weighted by Crippen LogP contribution is 2.35. The van der Waals surface area contributed by atoms with E-state index in [-0.39, 0.29) is 5.78 Å². The van der Waals surface area contributed by atoms with Crippen LogP contribution in [-0.2, 0) is 6.42 Å². The first-order valence-electron chi connectivity index (χ1n) is 15.7. The second kappa shape index (κ2) is 21.1. The molecule has 0 saturated heterocycles. The third-order valence-corrected chi connectivity index (χ3v) is 7.70. The molecule has 2 rings (SSSR count). The summed E-state index contributed by atoms with van der Waals surface area (Å²) >= 11 is 0. The second-order valence-electron chi connectivity index (χ2n) is 10.9. The molecular weight excluding hydrogens is 496 g/mol. The minimum absolute atomic E-state index is 0.143. The maximum Gasteiger partial charge on any atom is 0.189 e. The fourth-order valence-corrected chi connectivity index (χ4v) is 5.16. The van der Waals surface area contributed by atoms with Gasteiger partial charge in [-0.25, -0.2) is 0 Å². The first kappa shape index (κ1) is 33.5. The van der Waals surface area contributed by atoms with Gasteiger partial charge in [0.15, 0.2) is 17.3 Å². The number of carbonyl (C=O) groups is 1. The molecular formula is C36H54O4. The van der Waals surface area contributed by atoms with Gasteiger partial charge in [-0.05, 0) is 36.1 Å². The minimum Gasteiger partial charge on any atom is -0.496 e. The van der Waals surface area contributed by atoms with Crippen molar-refractivity contribution in [2.75, 3.05) is 21.3 Å². The second-order valence-corrected chi connectivity index (χ2v) is 10.9. The summed E-state index contributed by atoms with van der Waals surface area (Å²) in [6.07, 6.45) is 26.9. The molecule has 4 nitrogen and oxygen atoms in total. The third-order valence-electron chi connectivity index (χ3n) is 7.70. The van der Waals surface area contributed by atoms with E-state index in [2.05, 4.69) is 31.2 Å². The maximum absolute atomic E-state index is 12.8. The van der Waals surface area contributed by atoms with Crippen molar-refractivity contribution >= 4 is 11.9 Å². The van der Waals surface area contributed by atoms with E-state index in [9.17, 15) is 4.79 Å². The van der Waals surface area contributed by atoms with Gasteiger partial charge >= 0.3 is 0 Å². The van der Waals surface area contributed by atoms with Crippen LogP contribution in [0.4, 0.5) is 0 Å². The number of hydrogen-bond acceptors (Lipinski definition) is 4. The number of hydrogen-bond donors (Lipinski definition) is 0. The van der Waals surface area contributed by atoms with E-state index in [0.29, 0.717) is 22.8 Å². The van der Waals surface area contributed by atoms with Crippen LogP contribution in [-0.4, -0.2) is 27.1 Å². The molecule has 0 amide bonds. The van der Waals surface area contributed by atoms with Crippen molar-refractivity contribution in [3.8, 4) is 17.2 Å². The zero-order chi connectivity index (χ0) is 28.8. The Labute approximate surface area is 244 Å². The van der Waals surface area contributed by atoms with Crippen molar-refractivity contribution in [1.82, 2.24) is 0 Å². The zero-order valence-electron chi connectivity index (χ0n) is 25.8. The molecule has 0 bridgehead atoms. The Kier molecular flexibility index (Phi) is 17.6. The molecule has 0 radical (unpaired) electrons. The van der Waals surface area contributed by atoms with Gasteiger partial charge in [0.05, 0.1) is 26.9 Å². The van der Waals surface area contributed by atoms with Crippen molar-refractivity contribution in [2.24, 2.45) is 0 Å². The van der Waals surface area contributed by atoms with E-state index in [1.165, 1.54) is 108 Å². The van der Waals surface area contributed by atoms with E-state index >= 15 is 0 Å². The number of aryl methyl sites for hydroxylation is 1. The molecule has 40 heavy (non-hydrogen) atoms. The lowest BCUT2D eigenvalue weighted by Gasteiger charge is -2.12. The predicted octanol–water partition coefficient (Wildman–Crippen LogP) is 10.4. The first-order chi connectivity index (χ1) is 19.6. The summed E-state index contributed by atoms with van der Waals surface area (Å²) in [4.78, 5) is 12.8. The van der Waals surface area contributed by atoms with Gasteiger partial charge in [0.1, 0.15) is 5.75 Å². The smallest absolute Gasteiger partial charge is 0.189 e. The quantitative estimate of drug-likeness (QED) is 0.0784. The van der Waals surface area contributed by atoms with Crippen LogP contribution in [0.5, 0.6) is 17.2 Å². The van der Waals surface area contributed by atoms with Gasteiger partial charge in [0.2, 0.25) is 0 Å². The van der Waals surface area contributed by atoms with Crippen LogP contribution in [0.15, 0.2) is 42.5 Å². The van der Waals surface area contributed by atoms with Gasteiger partial charge in [-0.3, -0.25) is 4.79 Å². The van der Waals surface area contributed by atoms with E-state index in [1.807, 2.05) is 6.08 Å². The van der Waals surface area contributed by atoms with Gasteiger partial charge in [0, 0.05) is 6.07 Å². The number of benzene rings is 2. The fourth-order valence-electron chi connectivity index (χ4n) is 5.16. The van der Waals surface area contributed by atoms with Gasteiger partial charge in [-0.1, -0.05) is 134 Å². The summed E-state index contributed by atoms with van der Waals surface area (Å²) in [5, 5.41) is 0. The zero-order valence-corrected chi connectivity index (χ0v) is 25.8. The number of rotatable bonds is 23. The summed E-state index contributed by atoms with van der Waals surface area (Å²) in [6, 6.07) is 11.8. The largest absolute Gasteiger partial charge is 0.496 e. The van der Waals surface area contributed by atoms with Gasteiger partial charge in [-0.2, -0.15) is 0 Å². The molecule has 2 aromatic rings. The molecule has 0 atom stereocenters. The van der Waals surface area contributed by atoms with Crippen molar-refractivity contribution in [2.45, 2.75) is 116 Å². The SMILES string of the molecule is CCCCCCCCCCCCCCCCCCc1ccc(C=CC(=O)c2cc(OC)c(OC)cc2OC)cc1. The maximum atomic E-state index is 12.8.